The maximum absolute atomic E-state index is 12.0. The fourth-order valence-electron chi connectivity index (χ4n) is 2.30. The minimum atomic E-state index is -0.552. The molecule has 0 saturated heterocycles. The number of rotatable bonds is 4. The lowest BCUT2D eigenvalue weighted by Crippen LogP contribution is -2.34. The summed E-state index contributed by atoms with van der Waals surface area (Å²) >= 11 is 1.37. The van der Waals surface area contributed by atoms with E-state index in [1.165, 1.54) is 11.3 Å². The summed E-state index contributed by atoms with van der Waals surface area (Å²) in [5.74, 6) is -0.340. The minimum absolute atomic E-state index is 0.146. The third kappa shape index (κ3) is 3.97. The van der Waals surface area contributed by atoms with Crippen molar-refractivity contribution in [3.05, 3.63) is 40.1 Å². The SMILES string of the molecule is Cc1ccc(C(=O)NCC(=O)Nc2ccc3c(c2)NC(=O)[C@H](C)O3)s1. The zero-order valence-electron chi connectivity index (χ0n) is 13.7. The Bertz CT molecular complexity index is 846. The summed E-state index contributed by atoms with van der Waals surface area (Å²) in [6.07, 6.45) is -0.552. The van der Waals surface area contributed by atoms with Crippen molar-refractivity contribution in [3.8, 4) is 5.75 Å². The predicted molar refractivity (Wildman–Crippen MR) is 95.2 cm³/mol. The molecule has 25 heavy (non-hydrogen) atoms. The fraction of sp³-hybridized carbons (Fsp3) is 0.235. The Hall–Kier alpha value is -2.87. The normalized spacial score (nSPS) is 15.6. The Balaban J connectivity index is 1.57. The van der Waals surface area contributed by atoms with Crippen LogP contribution in [0, 0.1) is 6.92 Å². The van der Waals surface area contributed by atoms with Crippen LogP contribution in [0.25, 0.3) is 0 Å². The summed E-state index contributed by atoms with van der Waals surface area (Å²) in [6, 6.07) is 8.53. The highest BCUT2D eigenvalue weighted by Gasteiger charge is 2.23. The number of anilines is 2. The molecular weight excluding hydrogens is 342 g/mol. The van der Waals surface area contributed by atoms with Gasteiger partial charge in [-0.25, -0.2) is 0 Å². The van der Waals surface area contributed by atoms with Gasteiger partial charge in [-0.05, 0) is 44.2 Å². The highest BCUT2D eigenvalue weighted by atomic mass is 32.1. The van der Waals surface area contributed by atoms with Gasteiger partial charge in [-0.15, -0.1) is 11.3 Å². The van der Waals surface area contributed by atoms with Gasteiger partial charge in [-0.1, -0.05) is 0 Å². The molecule has 1 aliphatic rings. The number of thiophene rings is 1. The Kier molecular flexibility index (Phi) is 4.71. The molecule has 0 bridgehead atoms. The van der Waals surface area contributed by atoms with Gasteiger partial charge in [0.05, 0.1) is 17.1 Å². The highest BCUT2D eigenvalue weighted by Crippen LogP contribution is 2.32. The number of aryl methyl sites for hydroxylation is 1. The third-order valence-electron chi connectivity index (χ3n) is 3.57. The molecule has 1 aromatic heterocycles. The van der Waals surface area contributed by atoms with Crippen LogP contribution in [-0.4, -0.2) is 30.4 Å². The molecular formula is C17H17N3O4S. The summed E-state index contributed by atoms with van der Waals surface area (Å²) in [4.78, 5) is 37.2. The summed E-state index contributed by atoms with van der Waals surface area (Å²) in [6.45, 7) is 3.42. The molecule has 0 unspecified atom stereocenters. The van der Waals surface area contributed by atoms with E-state index in [1.54, 1.807) is 31.2 Å². The number of carbonyl (C=O) groups excluding carboxylic acids is 3. The van der Waals surface area contributed by atoms with Crippen molar-refractivity contribution in [2.24, 2.45) is 0 Å². The van der Waals surface area contributed by atoms with Crippen LogP contribution in [0.5, 0.6) is 5.75 Å². The van der Waals surface area contributed by atoms with Crippen LogP contribution in [0.1, 0.15) is 21.5 Å². The topological polar surface area (TPSA) is 96.5 Å². The van der Waals surface area contributed by atoms with E-state index in [1.807, 2.05) is 13.0 Å². The zero-order chi connectivity index (χ0) is 18.0. The van der Waals surface area contributed by atoms with Crippen molar-refractivity contribution in [2.45, 2.75) is 20.0 Å². The van der Waals surface area contributed by atoms with E-state index >= 15 is 0 Å². The second-order valence-corrected chi connectivity index (χ2v) is 6.89. The number of carbonyl (C=O) groups is 3. The molecule has 1 aliphatic heterocycles. The number of benzene rings is 1. The Morgan fingerprint density at radius 1 is 1.28 bits per heavy atom. The lowest BCUT2D eigenvalue weighted by molar-refractivity contribution is -0.122. The molecule has 0 radical (unpaired) electrons. The van der Waals surface area contributed by atoms with Gasteiger partial charge in [0.2, 0.25) is 5.91 Å². The van der Waals surface area contributed by atoms with E-state index < -0.39 is 6.10 Å². The molecule has 1 aromatic carbocycles. The maximum atomic E-state index is 12.0. The molecule has 0 saturated carbocycles. The first-order valence-electron chi connectivity index (χ1n) is 7.68. The Morgan fingerprint density at radius 3 is 2.80 bits per heavy atom. The van der Waals surface area contributed by atoms with Gasteiger partial charge >= 0.3 is 0 Å². The van der Waals surface area contributed by atoms with Gasteiger partial charge in [-0.2, -0.15) is 0 Å². The second-order valence-electron chi connectivity index (χ2n) is 5.60. The van der Waals surface area contributed by atoms with Crippen LogP contribution in [0.3, 0.4) is 0 Å². The molecule has 3 amide bonds. The summed E-state index contributed by atoms with van der Waals surface area (Å²) in [7, 11) is 0. The third-order valence-corrected chi connectivity index (χ3v) is 4.57. The average molecular weight is 359 g/mol. The van der Waals surface area contributed by atoms with Gasteiger partial charge in [0, 0.05) is 10.6 Å². The largest absolute Gasteiger partial charge is 0.479 e. The molecule has 8 heteroatoms. The molecule has 2 heterocycles. The van der Waals surface area contributed by atoms with Gasteiger partial charge < -0.3 is 20.7 Å². The van der Waals surface area contributed by atoms with Crippen LogP contribution >= 0.6 is 11.3 Å². The number of hydrogen-bond acceptors (Lipinski definition) is 5. The number of fused-ring (bicyclic) bond motifs is 1. The molecule has 1 atom stereocenters. The molecule has 3 N–H and O–H groups in total. The van der Waals surface area contributed by atoms with E-state index in [4.69, 9.17) is 4.74 Å². The fourth-order valence-corrected chi connectivity index (χ4v) is 3.08. The van der Waals surface area contributed by atoms with Crippen molar-refractivity contribution < 1.29 is 19.1 Å². The lowest BCUT2D eigenvalue weighted by Gasteiger charge is -2.23. The van der Waals surface area contributed by atoms with E-state index in [-0.39, 0.29) is 24.3 Å². The summed E-state index contributed by atoms with van der Waals surface area (Å²) in [5.41, 5.74) is 1.00. The predicted octanol–water partition coefficient (Wildman–Crippen LogP) is 2.14. The second kappa shape index (κ2) is 6.94. The van der Waals surface area contributed by atoms with Crippen LogP contribution < -0.4 is 20.7 Å². The molecule has 0 aliphatic carbocycles. The smallest absolute Gasteiger partial charge is 0.265 e. The van der Waals surface area contributed by atoms with Crippen LogP contribution in [0.15, 0.2) is 30.3 Å². The van der Waals surface area contributed by atoms with Crippen molar-refractivity contribution in [1.82, 2.24) is 5.32 Å². The molecule has 0 fully saturated rings. The van der Waals surface area contributed by atoms with Gasteiger partial charge in [0.15, 0.2) is 6.10 Å². The summed E-state index contributed by atoms with van der Waals surface area (Å²) < 4.78 is 5.45. The van der Waals surface area contributed by atoms with E-state index in [0.29, 0.717) is 22.0 Å². The quantitative estimate of drug-likeness (QED) is 0.779. The molecule has 2 aromatic rings. The van der Waals surface area contributed by atoms with E-state index in [2.05, 4.69) is 16.0 Å². The average Bonchev–Trinajstić information content (AvgIpc) is 3.00. The molecule has 7 nitrogen and oxygen atoms in total. The van der Waals surface area contributed by atoms with Crippen molar-refractivity contribution >= 4 is 40.4 Å². The Morgan fingerprint density at radius 2 is 2.08 bits per heavy atom. The first kappa shape index (κ1) is 17.0. The van der Waals surface area contributed by atoms with E-state index in [0.717, 1.165) is 4.88 Å². The number of hydrogen-bond donors (Lipinski definition) is 3. The molecule has 0 spiro atoms. The molecule has 3 rings (SSSR count). The van der Waals surface area contributed by atoms with Crippen molar-refractivity contribution in [2.75, 3.05) is 17.2 Å². The van der Waals surface area contributed by atoms with Crippen molar-refractivity contribution in [1.29, 1.82) is 0 Å². The first-order chi connectivity index (χ1) is 11.9. The van der Waals surface area contributed by atoms with Gasteiger partial charge in [-0.3, -0.25) is 14.4 Å². The zero-order valence-corrected chi connectivity index (χ0v) is 14.5. The van der Waals surface area contributed by atoms with Crippen molar-refractivity contribution in [3.63, 3.8) is 0 Å². The monoisotopic (exact) mass is 359 g/mol. The van der Waals surface area contributed by atoms with Crippen LogP contribution in [0.2, 0.25) is 0 Å². The Labute approximate surface area is 148 Å². The van der Waals surface area contributed by atoms with Gasteiger partial charge in [0.25, 0.3) is 11.8 Å². The highest BCUT2D eigenvalue weighted by molar-refractivity contribution is 7.13. The maximum Gasteiger partial charge on any atom is 0.265 e. The van der Waals surface area contributed by atoms with Crippen LogP contribution in [0.4, 0.5) is 11.4 Å². The standard InChI is InChI=1S/C17H17N3O4S/c1-9-3-6-14(25-9)17(23)18-8-15(21)19-11-4-5-13-12(7-11)20-16(22)10(2)24-13/h3-7,10H,8H2,1-2H3,(H,18,23)(H,19,21)(H,20,22)/t10-/m0/s1. The number of amides is 3. The number of ether oxygens (including phenoxy) is 1. The number of nitrogens with one attached hydrogen (secondary N) is 3. The lowest BCUT2D eigenvalue weighted by atomic mass is 10.2. The van der Waals surface area contributed by atoms with E-state index in [9.17, 15) is 14.4 Å². The first-order valence-corrected chi connectivity index (χ1v) is 8.50. The molecule has 130 valence electrons. The van der Waals surface area contributed by atoms with Crippen LogP contribution in [-0.2, 0) is 9.59 Å². The minimum Gasteiger partial charge on any atom is -0.479 e. The van der Waals surface area contributed by atoms with Gasteiger partial charge in [0.1, 0.15) is 5.75 Å². The summed E-state index contributed by atoms with van der Waals surface area (Å²) in [5, 5.41) is 7.96.